The molecule has 1 rings (SSSR count). The van der Waals surface area contributed by atoms with Gasteiger partial charge in [-0.25, -0.2) is 0 Å². The Morgan fingerprint density at radius 2 is 1.95 bits per heavy atom. The third-order valence-electron chi connectivity index (χ3n) is 3.15. The number of amides is 1. The van der Waals surface area contributed by atoms with E-state index >= 15 is 0 Å². The average Bonchev–Trinajstić information content (AvgIpc) is 2.43. The zero-order valence-electron chi connectivity index (χ0n) is 12.3. The van der Waals surface area contributed by atoms with Gasteiger partial charge < -0.3 is 10.4 Å². The van der Waals surface area contributed by atoms with Gasteiger partial charge in [0.2, 0.25) is 5.91 Å². The van der Waals surface area contributed by atoms with Crippen LogP contribution in [-0.4, -0.2) is 24.2 Å². The van der Waals surface area contributed by atoms with Gasteiger partial charge in [-0.05, 0) is 36.5 Å². The number of benzene rings is 1. The molecule has 0 fully saturated rings. The minimum absolute atomic E-state index is 0.0474. The van der Waals surface area contributed by atoms with Crippen LogP contribution < -0.4 is 5.32 Å². The first-order valence-electron chi connectivity index (χ1n) is 6.86. The van der Waals surface area contributed by atoms with Crippen LogP contribution in [-0.2, 0) is 4.79 Å². The molecule has 5 heteroatoms. The van der Waals surface area contributed by atoms with E-state index in [0.29, 0.717) is 22.2 Å². The molecular formula is C16H21Cl2NO2. The molecule has 0 spiro atoms. The molecule has 0 radical (unpaired) electrons. The Balaban J connectivity index is 2.56. The SMILES string of the molecule is CC(C)(CCCO)CNC(=O)/C=C/c1c(Cl)cccc1Cl. The Morgan fingerprint density at radius 1 is 1.33 bits per heavy atom. The van der Waals surface area contributed by atoms with Gasteiger partial charge in [-0.2, -0.15) is 0 Å². The highest BCUT2D eigenvalue weighted by atomic mass is 35.5. The Kier molecular flexibility index (Phi) is 7.23. The van der Waals surface area contributed by atoms with Gasteiger partial charge in [0, 0.05) is 34.8 Å². The van der Waals surface area contributed by atoms with E-state index in [-0.39, 0.29) is 17.9 Å². The molecule has 0 unspecified atom stereocenters. The highest BCUT2D eigenvalue weighted by Crippen LogP contribution is 2.25. The number of nitrogens with one attached hydrogen (secondary N) is 1. The average molecular weight is 330 g/mol. The van der Waals surface area contributed by atoms with E-state index < -0.39 is 0 Å². The monoisotopic (exact) mass is 329 g/mol. The van der Waals surface area contributed by atoms with E-state index in [0.717, 1.165) is 12.8 Å². The van der Waals surface area contributed by atoms with Crippen molar-refractivity contribution in [3.8, 4) is 0 Å². The van der Waals surface area contributed by atoms with Crippen LogP contribution in [0.15, 0.2) is 24.3 Å². The lowest BCUT2D eigenvalue weighted by Crippen LogP contribution is -2.33. The minimum atomic E-state index is -0.192. The van der Waals surface area contributed by atoms with Crippen LogP contribution in [0.4, 0.5) is 0 Å². The molecule has 0 aromatic heterocycles. The molecule has 0 aliphatic heterocycles. The second kappa shape index (κ2) is 8.42. The van der Waals surface area contributed by atoms with Crippen LogP contribution in [0.2, 0.25) is 10.0 Å². The third-order valence-corrected chi connectivity index (χ3v) is 3.81. The maximum absolute atomic E-state index is 11.8. The van der Waals surface area contributed by atoms with Crippen LogP contribution >= 0.6 is 23.2 Å². The molecule has 21 heavy (non-hydrogen) atoms. The molecule has 2 N–H and O–H groups in total. The summed E-state index contributed by atoms with van der Waals surface area (Å²) in [6, 6.07) is 5.21. The van der Waals surface area contributed by atoms with Gasteiger partial charge in [-0.15, -0.1) is 0 Å². The molecule has 0 aliphatic rings. The molecule has 0 bridgehead atoms. The molecule has 0 saturated carbocycles. The molecule has 0 heterocycles. The van der Waals surface area contributed by atoms with E-state index in [1.165, 1.54) is 6.08 Å². The van der Waals surface area contributed by atoms with Crippen molar-refractivity contribution >= 4 is 35.2 Å². The second-order valence-electron chi connectivity index (χ2n) is 5.68. The van der Waals surface area contributed by atoms with Crippen LogP contribution in [0.25, 0.3) is 6.08 Å². The topological polar surface area (TPSA) is 49.3 Å². The molecule has 0 saturated heterocycles. The molecule has 0 atom stereocenters. The molecule has 3 nitrogen and oxygen atoms in total. The van der Waals surface area contributed by atoms with E-state index in [1.54, 1.807) is 24.3 Å². The van der Waals surface area contributed by atoms with Crippen molar-refractivity contribution in [1.82, 2.24) is 5.32 Å². The third kappa shape index (κ3) is 6.51. The maximum atomic E-state index is 11.8. The summed E-state index contributed by atoms with van der Waals surface area (Å²) < 4.78 is 0. The van der Waals surface area contributed by atoms with Gasteiger partial charge in [-0.1, -0.05) is 43.1 Å². The predicted octanol–water partition coefficient (Wildman–Crippen LogP) is 3.92. The highest BCUT2D eigenvalue weighted by Gasteiger charge is 2.17. The van der Waals surface area contributed by atoms with E-state index in [1.807, 2.05) is 0 Å². The molecular weight excluding hydrogens is 309 g/mol. The lowest BCUT2D eigenvalue weighted by Gasteiger charge is -2.24. The Morgan fingerprint density at radius 3 is 2.52 bits per heavy atom. The summed E-state index contributed by atoms with van der Waals surface area (Å²) in [6.07, 6.45) is 4.62. The summed E-state index contributed by atoms with van der Waals surface area (Å²) in [5.74, 6) is -0.192. The number of hydrogen-bond donors (Lipinski definition) is 2. The maximum Gasteiger partial charge on any atom is 0.244 e. The van der Waals surface area contributed by atoms with E-state index in [4.69, 9.17) is 28.3 Å². The van der Waals surface area contributed by atoms with Crippen molar-refractivity contribution in [2.75, 3.05) is 13.2 Å². The quantitative estimate of drug-likeness (QED) is 0.745. The van der Waals surface area contributed by atoms with E-state index in [2.05, 4.69) is 19.2 Å². The summed E-state index contributed by atoms with van der Waals surface area (Å²) in [6.45, 7) is 4.82. The fourth-order valence-corrected chi connectivity index (χ4v) is 2.38. The smallest absolute Gasteiger partial charge is 0.244 e. The van der Waals surface area contributed by atoms with Gasteiger partial charge in [0.25, 0.3) is 0 Å². The van der Waals surface area contributed by atoms with Gasteiger partial charge in [0.1, 0.15) is 0 Å². The zero-order chi connectivity index (χ0) is 15.9. The van der Waals surface area contributed by atoms with Gasteiger partial charge >= 0.3 is 0 Å². The Hall–Kier alpha value is -1.03. The van der Waals surface area contributed by atoms with Crippen molar-refractivity contribution in [1.29, 1.82) is 0 Å². The van der Waals surface area contributed by atoms with Crippen molar-refractivity contribution in [3.63, 3.8) is 0 Å². The predicted molar refractivity (Wildman–Crippen MR) is 88.6 cm³/mol. The molecule has 1 amide bonds. The number of halogens is 2. The first-order chi connectivity index (χ1) is 9.85. The fraction of sp³-hybridized carbons (Fsp3) is 0.438. The van der Waals surface area contributed by atoms with Gasteiger partial charge in [-0.3, -0.25) is 4.79 Å². The standard InChI is InChI=1S/C16H21Cl2NO2/c1-16(2,9-4-10-20)11-19-15(21)8-7-12-13(17)5-3-6-14(12)18/h3,5-8,20H,4,9-11H2,1-2H3,(H,19,21)/b8-7+. The van der Waals surface area contributed by atoms with Crippen molar-refractivity contribution in [2.45, 2.75) is 26.7 Å². The minimum Gasteiger partial charge on any atom is -0.396 e. The number of carbonyl (C=O) groups is 1. The number of hydrogen-bond acceptors (Lipinski definition) is 2. The number of aliphatic hydroxyl groups excluding tert-OH is 1. The van der Waals surface area contributed by atoms with E-state index in [9.17, 15) is 4.79 Å². The van der Waals surface area contributed by atoms with Crippen molar-refractivity contribution in [2.24, 2.45) is 5.41 Å². The number of rotatable bonds is 7. The summed E-state index contributed by atoms with van der Waals surface area (Å²) in [5.41, 5.74) is 0.587. The zero-order valence-corrected chi connectivity index (χ0v) is 13.8. The van der Waals surface area contributed by atoms with Crippen LogP contribution in [0.3, 0.4) is 0 Å². The van der Waals surface area contributed by atoms with Gasteiger partial charge in [0.15, 0.2) is 0 Å². The molecule has 1 aromatic carbocycles. The van der Waals surface area contributed by atoms with Crippen LogP contribution in [0.1, 0.15) is 32.3 Å². The number of aliphatic hydroxyl groups is 1. The molecule has 116 valence electrons. The second-order valence-corrected chi connectivity index (χ2v) is 6.49. The first-order valence-corrected chi connectivity index (χ1v) is 7.62. The number of carbonyl (C=O) groups excluding carboxylic acids is 1. The highest BCUT2D eigenvalue weighted by molar-refractivity contribution is 6.37. The van der Waals surface area contributed by atoms with Crippen molar-refractivity contribution in [3.05, 3.63) is 39.9 Å². The largest absolute Gasteiger partial charge is 0.396 e. The lowest BCUT2D eigenvalue weighted by atomic mass is 9.88. The summed E-state index contributed by atoms with van der Waals surface area (Å²) in [4.78, 5) is 11.8. The fourth-order valence-electron chi connectivity index (χ4n) is 1.86. The first kappa shape index (κ1) is 18.0. The summed E-state index contributed by atoms with van der Waals surface area (Å²) >= 11 is 12.1. The summed E-state index contributed by atoms with van der Waals surface area (Å²) in [7, 11) is 0. The summed E-state index contributed by atoms with van der Waals surface area (Å²) in [5, 5.41) is 12.7. The lowest BCUT2D eigenvalue weighted by molar-refractivity contribution is -0.116. The van der Waals surface area contributed by atoms with Crippen LogP contribution in [0, 0.1) is 5.41 Å². The molecule has 1 aromatic rings. The van der Waals surface area contributed by atoms with Crippen LogP contribution in [0.5, 0.6) is 0 Å². The Labute approximate surface area is 136 Å². The normalized spacial score (nSPS) is 11.9. The Bertz CT molecular complexity index is 493. The van der Waals surface area contributed by atoms with Crippen molar-refractivity contribution < 1.29 is 9.90 Å². The molecule has 0 aliphatic carbocycles. The van der Waals surface area contributed by atoms with Gasteiger partial charge in [0.05, 0.1) is 0 Å².